The Morgan fingerprint density at radius 2 is 2.00 bits per heavy atom. The zero-order chi connectivity index (χ0) is 15.6. The molecule has 1 heterocycles. The smallest absolute Gasteiger partial charge is 0.224 e. The number of nitrogens with two attached hydrogens (primary N) is 2. The molecule has 6 heteroatoms. The molecule has 0 fully saturated rings. The number of rotatable bonds is 5. The highest BCUT2D eigenvalue weighted by atomic mass is 32.1. The highest BCUT2D eigenvalue weighted by Gasteiger charge is 2.25. The van der Waals surface area contributed by atoms with Gasteiger partial charge in [-0.3, -0.25) is 4.79 Å². The van der Waals surface area contributed by atoms with Crippen LogP contribution >= 0.6 is 12.2 Å². The molecule has 0 unspecified atom stereocenters. The van der Waals surface area contributed by atoms with Crippen LogP contribution in [0.3, 0.4) is 0 Å². The zero-order valence-electron chi connectivity index (χ0n) is 12.0. The van der Waals surface area contributed by atoms with Crippen molar-refractivity contribution in [3.63, 3.8) is 0 Å². The molecule has 5 nitrogen and oxygen atoms in total. The van der Waals surface area contributed by atoms with Crippen molar-refractivity contribution in [3.05, 3.63) is 35.9 Å². The Hall–Kier alpha value is -2.21. The highest BCUT2D eigenvalue weighted by Crippen LogP contribution is 2.22. The van der Waals surface area contributed by atoms with E-state index in [1.807, 2.05) is 30.3 Å². The van der Waals surface area contributed by atoms with Crippen molar-refractivity contribution in [1.29, 1.82) is 0 Å². The van der Waals surface area contributed by atoms with Crippen molar-refractivity contribution >= 4 is 39.8 Å². The van der Waals surface area contributed by atoms with Crippen LogP contribution in [0, 0.1) is 5.41 Å². The monoisotopic (exact) mass is 302 g/mol. The number of hydrogen-bond donors (Lipinski definition) is 3. The van der Waals surface area contributed by atoms with Gasteiger partial charge in [0.2, 0.25) is 5.91 Å². The summed E-state index contributed by atoms with van der Waals surface area (Å²) in [5.74, 6) is 0.184. The predicted octanol–water partition coefficient (Wildman–Crippen LogP) is 1.79. The summed E-state index contributed by atoms with van der Waals surface area (Å²) in [6.07, 6.45) is 0. The minimum Gasteiger partial charge on any atom is -0.389 e. The Morgan fingerprint density at radius 3 is 2.62 bits per heavy atom. The third-order valence-electron chi connectivity index (χ3n) is 3.35. The first-order valence-electron chi connectivity index (χ1n) is 6.54. The normalized spacial score (nSPS) is 11.3. The van der Waals surface area contributed by atoms with E-state index in [4.69, 9.17) is 23.7 Å². The second-order valence-corrected chi connectivity index (χ2v) is 5.98. The van der Waals surface area contributed by atoms with Gasteiger partial charge in [-0.25, -0.2) is 4.98 Å². The van der Waals surface area contributed by atoms with E-state index in [-0.39, 0.29) is 10.9 Å². The lowest BCUT2D eigenvalue weighted by atomic mass is 9.93. The summed E-state index contributed by atoms with van der Waals surface area (Å²) in [6, 6.07) is 9.58. The number of nitrogens with zero attached hydrogens (tertiary/aromatic N) is 1. The van der Waals surface area contributed by atoms with Gasteiger partial charge >= 0.3 is 0 Å². The number of thiocarbonyl (C=S) groups is 1. The van der Waals surface area contributed by atoms with Gasteiger partial charge in [0, 0.05) is 11.9 Å². The number of carbonyl (C=O) groups excluding carboxylic acids is 1. The Morgan fingerprint density at radius 1 is 1.33 bits per heavy atom. The average molecular weight is 302 g/mol. The lowest BCUT2D eigenvalue weighted by molar-refractivity contribution is -0.125. The van der Waals surface area contributed by atoms with E-state index in [0.29, 0.717) is 17.9 Å². The van der Waals surface area contributed by atoms with Gasteiger partial charge < -0.3 is 16.8 Å². The maximum atomic E-state index is 11.4. The molecule has 2 aromatic rings. The van der Waals surface area contributed by atoms with E-state index in [1.165, 1.54) is 0 Å². The fourth-order valence-electron chi connectivity index (χ4n) is 1.83. The topological polar surface area (TPSA) is 94.0 Å². The second-order valence-electron chi connectivity index (χ2n) is 5.54. The molecule has 0 aliphatic carbocycles. The van der Waals surface area contributed by atoms with Gasteiger partial charge in [-0.05, 0) is 26.0 Å². The van der Waals surface area contributed by atoms with Crippen LogP contribution in [0.15, 0.2) is 30.3 Å². The lowest BCUT2D eigenvalue weighted by Gasteiger charge is -2.22. The summed E-state index contributed by atoms with van der Waals surface area (Å²) < 4.78 is 0. The molecule has 2 rings (SSSR count). The van der Waals surface area contributed by atoms with Crippen LogP contribution in [-0.4, -0.2) is 22.4 Å². The molecule has 0 aliphatic heterocycles. The van der Waals surface area contributed by atoms with E-state index in [9.17, 15) is 4.79 Å². The quantitative estimate of drug-likeness (QED) is 0.732. The van der Waals surface area contributed by atoms with Gasteiger partial charge in [-0.1, -0.05) is 30.4 Å². The number of anilines is 1. The first-order valence-corrected chi connectivity index (χ1v) is 6.95. The predicted molar refractivity (Wildman–Crippen MR) is 89.1 cm³/mol. The van der Waals surface area contributed by atoms with Crippen molar-refractivity contribution in [1.82, 2.24) is 4.98 Å². The summed E-state index contributed by atoms with van der Waals surface area (Å²) in [5, 5.41) is 4.09. The first kappa shape index (κ1) is 15.2. The molecular weight excluding hydrogens is 284 g/mol. The number of hydrogen-bond acceptors (Lipinski definition) is 4. The van der Waals surface area contributed by atoms with E-state index in [0.717, 1.165) is 10.9 Å². The van der Waals surface area contributed by atoms with Crippen LogP contribution in [0.5, 0.6) is 0 Å². The van der Waals surface area contributed by atoms with Gasteiger partial charge in [0.1, 0.15) is 10.8 Å². The molecule has 110 valence electrons. The number of amides is 1. The number of nitrogens with one attached hydrogen (secondary N) is 1. The van der Waals surface area contributed by atoms with Crippen LogP contribution in [0.2, 0.25) is 0 Å². The van der Waals surface area contributed by atoms with Gasteiger partial charge in [0.25, 0.3) is 0 Å². The summed E-state index contributed by atoms with van der Waals surface area (Å²) in [7, 11) is 0. The summed E-state index contributed by atoms with van der Waals surface area (Å²) in [4.78, 5) is 16.2. The number of benzene rings is 1. The van der Waals surface area contributed by atoms with Crippen molar-refractivity contribution in [2.24, 2.45) is 16.9 Å². The first-order chi connectivity index (χ1) is 9.81. The zero-order valence-corrected chi connectivity index (χ0v) is 12.8. The Balaban J connectivity index is 2.40. The fourth-order valence-corrected chi connectivity index (χ4v) is 1.99. The van der Waals surface area contributed by atoms with Crippen LogP contribution in [0.25, 0.3) is 10.9 Å². The molecule has 1 amide bonds. The summed E-state index contributed by atoms with van der Waals surface area (Å²) >= 11 is 5.08. The van der Waals surface area contributed by atoms with E-state index >= 15 is 0 Å². The third kappa shape index (κ3) is 3.28. The van der Waals surface area contributed by atoms with Crippen molar-refractivity contribution in [2.45, 2.75) is 13.8 Å². The molecular formula is C15H18N4OS. The molecule has 5 N–H and O–H groups in total. The molecule has 0 saturated carbocycles. The summed E-state index contributed by atoms with van der Waals surface area (Å²) in [6.45, 7) is 3.89. The minimum atomic E-state index is -0.694. The molecule has 1 aromatic heterocycles. The van der Waals surface area contributed by atoms with Crippen LogP contribution in [-0.2, 0) is 4.79 Å². The number of carbonyl (C=O) groups is 1. The van der Waals surface area contributed by atoms with Crippen LogP contribution < -0.4 is 16.8 Å². The molecule has 0 aliphatic rings. The van der Waals surface area contributed by atoms with Gasteiger partial charge in [0.05, 0.1) is 16.5 Å². The Bertz CT molecular complexity index is 712. The van der Waals surface area contributed by atoms with Crippen molar-refractivity contribution < 1.29 is 4.79 Å². The molecule has 0 saturated heterocycles. The Kier molecular flexibility index (Phi) is 4.09. The van der Waals surface area contributed by atoms with Crippen molar-refractivity contribution in [2.75, 3.05) is 11.9 Å². The molecule has 0 bridgehead atoms. The molecule has 0 radical (unpaired) electrons. The summed E-state index contributed by atoms with van der Waals surface area (Å²) in [5.41, 5.74) is 11.9. The number of fused-ring (bicyclic) bond motifs is 1. The van der Waals surface area contributed by atoms with Gasteiger partial charge in [-0.2, -0.15) is 0 Å². The molecule has 0 atom stereocenters. The standard InChI is InChI=1S/C15H18N4OS/c1-15(2,14(17)20)8-18-13-10(12(16)21)7-9-5-3-4-6-11(9)19-13/h3-7H,8H2,1-2H3,(H2,16,21)(H2,17,20)(H,18,19). The number of primary amides is 1. The lowest BCUT2D eigenvalue weighted by Crippen LogP contribution is -2.37. The molecule has 1 aromatic carbocycles. The maximum Gasteiger partial charge on any atom is 0.224 e. The van der Waals surface area contributed by atoms with E-state index in [2.05, 4.69) is 10.3 Å². The molecule has 0 spiro atoms. The van der Waals surface area contributed by atoms with Gasteiger partial charge in [-0.15, -0.1) is 0 Å². The van der Waals surface area contributed by atoms with Crippen LogP contribution in [0.4, 0.5) is 5.82 Å². The second kappa shape index (κ2) is 5.65. The van der Waals surface area contributed by atoms with E-state index in [1.54, 1.807) is 13.8 Å². The van der Waals surface area contributed by atoms with Gasteiger partial charge in [0.15, 0.2) is 0 Å². The largest absolute Gasteiger partial charge is 0.389 e. The number of para-hydroxylation sites is 1. The van der Waals surface area contributed by atoms with E-state index < -0.39 is 5.41 Å². The van der Waals surface area contributed by atoms with Crippen molar-refractivity contribution in [3.8, 4) is 0 Å². The fraction of sp³-hybridized carbons (Fsp3) is 0.267. The van der Waals surface area contributed by atoms with Crippen LogP contribution in [0.1, 0.15) is 19.4 Å². The highest BCUT2D eigenvalue weighted by molar-refractivity contribution is 7.80. The maximum absolute atomic E-state index is 11.4. The third-order valence-corrected chi connectivity index (χ3v) is 3.57. The minimum absolute atomic E-state index is 0.257. The molecule has 21 heavy (non-hydrogen) atoms. The number of pyridine rings is 1. The number of aromatic nitrogens is 1. The Labute approximate surface area is 128 Å². The average Bonchev–Trinajstić information content (AvgIpc) is 2.43. The SMILES string of the molecule is CC(C)(CNc1nc2ccccc2cc1C(N)=S)C(N)=O.